The lowest BCUT2D eigenvalue weighted by Crippen LogP contribution is -2.14. The van der Waals surface area contributed by atoms with Gasteiger partial charge in [0.25, 0.3) is 5.91 Å². The minimum Gasteiger partial charge on any atom is -0.491 e. The van der Waals surface area contributed by atoms with E-state index in [0.717, 1.165) is 6.42 Å². The summed E-state index contributed by atoms with van der Waals surface area (Å²) in [6, 6.07) is 14.1. The van der Waals surface area contributed by atoms with E-state index in [1.165, 1.54) is 0 Å². The van der Waals surface area contributed by atoms with E-state index in [9.17, 15) is 9.59 Å². The smallest absolute Gasteiger partial charge is 0.255 e. The summed E-state index contributed by atoms with van der Waals surface area (Å²) in [5, 5.41) is 5.66. The fourth-order valence-electron chi connectivity index (χ4n) is 2.31. The van der Waals surface area contributed by atoms with E-state index in [4.69, 9.17) is 4.74 Å². The van der Waals surface area contributed by atoms with E-state index in [1.807, 2.05) is 26.8 Å². The number of amides is 2. The molecule has 25 heavy (non-hydrogen) atoms. The normalized spacial score (nSPS) is 10.4. The fraction of sp³-hybridized carbons (Fsp3) is 0.300. The molecule has 0 aliphatic rings. The Morgan fingerprint density at radius 3 is 2.36 bits per heavy atom. The van der Waals surface area contributed by atoms with Gasteiger partial charge in [0.2, 0.25) is 5.91 Å². The average Bonchev–Trinajstić information content (AvgIpc) is 2.55. The van der Waals surface area contributed by atoms with Gasteiger partial charge in [0.15, 0.2) is 0 Å². The molecule has 5 heteroatoms. The third-order valence-electron chi connectivity index (χ3n) is 3.35. The lowest BCUT2D eigenvalue weighted by Gasteiger charge is -2.11. The lowest BCUT2D eigenvalue weighted by molar-refractivity contribution is -0.116. The Balaban J connectivity index is 2.06. The fourth-order valence-corrected chi connectivity index (χ4v) is 2.31. The highest BCUT2D eigenvalue weighted by atomic mass is 16.5. The molecule has 0 atom stereocenters. The van der Waals surface area contributed by atoms with Crippen LogP contribution < -0.4 is 15.4 Å². The number of hydrogen-bond acceptors (Lipinski definition) is 3. The molecule has 2 aromatic carbocycles. The Hall–Kier alpha value is -2.82. The van der Waals surface area contributed by atoms with E-state index < -0.39 is 0 Å². The molecule has 0 radical (unpaired) electrons. The summed E-state index contributed by atoms with van der Waals surface area (Å²) in [6.45, 7) is 5.82. The van der Waals surface area contributed by atoms with Crippen molar-refractivity contribution in [3.05, 3.63) is 54.1 Å². The monoisotopic (exact) mass is 340 g/mol. The Morgan fingerprint density at radius 2 is 1.68 bits per heavy atom. The largest absolute Gasteiger partial charge is 0.491 e. The standard InChI is InChI=1S/C20H24N2O3/c1-4-7-19(23)21-16-9-6-10-17(13-16)22-20(24)15-8-5-11-18(12-15)25-14(2)3/h5-6,8-14H,4,7H2,1-3H3,(H,21,23)(H,22,24). The molecule has 0 spiro atoms. The van der Waals surface area contributed by atoms with Crippen LogP contribution in [-0.4, -0.2) is 17.9 Å². The molecular weight excluding hydrogens is 316 g/mol. The molecule has 2 N–H and O–H groups in total. The molecule has 0 aromatic heterocycles. The minimum absolute atomic E-state index is 0.0375. The number of carbonyl (C=O) groups excluding carboxylic acids is 2. The van der Waals surface area contributed by atoms with Gasteiger partial charge in [-0.3, -0.25) is 9.59 Å². The molecule has 2 amide bonds. The van der Waals surface area contributed by atoms with Crippen LogP contribution in [-0.2, 0) is 4.79 Å². The van der Waals surface area contributed by atoms with Gasteiger partial charge in [-0.2, -0.15) is 0 Å². The summed E-state index contributed by atoms with van der Waals surface area (Å²) in [5.41, 5.74) is 1.79. The predicted molar refractivity (Wildman–Crippen MR) is 100 cm³/mol. The van der Waals surface area contributed by atoms with Crippen molar-refractivity contribution in [1.82, 2.24) is 0 Å². The average molecular weight is 340 g/mol. The Labute approximate surface area is 148 Å². The van der Waals surface area contributed by atoms with Crippen LogP contribution in [0.15, 0.2) is 48.5 Å². The van der Waals surface area contributed by atoms with Gasteiger partial charge in [-0.05, 0) is 56.7 Å². The highest BCUT2D eigenvalue weighted by Crippen LogP contribution is 2.19. The summed E-state index contributed by atoms with van der Waals surface area (Å²) in [7, 11) is 0. The van der Waals surface area contributed by atoms with Crippen LogP contribution in [0.25, 0.3) is 0 Å². The van der Waals surface area contributed by atoms with Gasteiger partial charge in [-0.15, -0.1) is 0 Å². The summed E-state index contributed by atoms with van der Waals surface area (Å²) >= 11 is 0. The van der Waals surface area contributed by atoms with Crippen molar-refractivity contribution in [3.8, 4) is 5.75 Å². The molecule has 0 bridgehead atoms. The number of nitrogens with one attached hydrogen (secondary N) is 2. The minimum atomic E-state index is -0.230. The number of ether oxygens (including phenoxy) is 1. The van der Waals surface area contributed by atoms with Gasteiger partial charge in [0.1, 0.15) is 5.75 Å². The number of carbonyl (C=O) groups is 2. The molecule has 0 aliphatic carbocycles. The van der Waals surface area contributed by atoms with E-state index in [-0.39, 0.29) is 17.9 Å². The zero-order valence-corrected chi connectivity index (χ0v) is 14.8. The summed E-state index contributed by atoms with van der Waals surface area (Å²) in [5.74, 6) is 0.388. The highest BCUT2D eigenvalue weighted by molar-refractivity contribution is 6.05. The second-order valence-corrected chi connectivity index (χ2v) is 6.03. The first-order valence-corrected chi connectivity index (χ1v) is 8.46. The van der Waals surface area contributed by atoms with Gasteiger partial charge in [0, 0.05) is 23.4 Å². The first-order chi connectivity index (χ1) is 12.0. The van der Waals surface area contributed by atoms with Crippen molar-refractivity contribution < 1.29 is 14.3 Å². The van der Waals surface area contributed by atoms with Gasteiger partial charge in [-0.25, -0.2) is 0 Å². The molecule has 0 aliphatic heterocycles. The van der Waals surface area contributed by atoms with Crippen molar-refractivity contribution in [1.29, 1.82) is 0 Å². The Kier molecular flexibility index (Phi) is 6.57. The first kappa shape index (κ1) is 18.5. The summed E-state index contributed by atoms with van der Waals surface area (Å²) in [6.07, 6.45) is 1.30. The molecule has 2 aromatic rings. The predicted octanol–water partition coefficient (Wildman–Crippen LogP) is 4.46. The van der Waals surface area contributed by atoms with Crippen molar-refractivity contribution >= 4 is 23.2 Å². The van der Waals surface area contributed by atoms with Crippen LogP contribution in [0.5, 0.6) is 5.75 Å². The summed E-state index contributed by atoms with van der Waals surface area (Å²) in [4.78, 5) is 24.1. The molecule has 0 unspecified atom stereocenters. The maximum absolute atomic E-state index is 12.4. The van der Waals surface area contributed by atoms with Gasteiger partial charge >= 0.3 is 0 Å². The van der Waals surface area contributed by atoms with E-state index in [2.05, 4.69) is 10.6 Å². The second-order valence-electron chi connectivity index (χ2n) is 6.03. The topological polar surface area (TPSA) is 67.4 Å². The Bertz CT molecular complexity index is 741. The van der Waals surface area contributed by atoms with E-state index in [0.29, 0.717) is 29.1 Å². The van der Waals surface area contributed by atoms with Crippen molar-refractivity contribution in [3.63, 3.8) is 0 Å². The van der Waals surface area contributed by atoms with Crippen LogP contribution in [0.1, 0.15) is 44.0 Å². The molecule has 2 rings (SSSR count). The molecule has 5 nitrogen and oxygen atoms in total. The SMILES string of the molecule is CCCC(=O)Nc1cccc(NC(=O)c2cccc(OC(C)C)c2)c1. The van der Waals surface area contributed by atoms with Crippen molar-refractivity contribution in [2.75, 3.05) is 10.6 Å². The zero-order chi connectivity index (χ0) is 18.2. The maximum atomic E-state index is 12.4. The number of anilines is 2. The maximum Gasteiger partial charge on any atom is 0.255 e. The van der Waals surface area contributed by atoms with Crippen LogP contribution >= 0.6 is 0 Å². The molecular formula is C20H24N2O3. The van der Waals surface area contributed by atoms with Crippen molar-refractivity contribution in [2.45, 2.75) is 39.7 Å². The van der Waals surface area contributed by atoms with Gasteiger partial charge in [-0.1, -0.05) is 19.1 Å². The third kappa shape index (κ3) is 5.95. The lowest BCUT2D eigenvalue weighted by atomic mass is 10.2. The van der Waals surface area contributed by atoms with Gasteiger partial charge < -0.3 is 15.4 Å². The molecule has 0 saturated heterocycles. The quantitative estimate of drug-likeness (QED) is 0.782. The van der Waals surface area contributed by atoms with E-state index >= 15 is 0 Å². The number of benzene rings is 2. The molecule has 0 fully saturated rings. The van der Waals surface area contributed by atoms with Crippen LogP contribution in [0.2, 0.25) is 0 Å². The summed E-state index contributed by atoms with van der Waals surface area (Å²) < 4.78 is 5.61. The van der Waals surface area contributed by atoms with Crippen LogP contribution in [0.3, 0.4) is 0 Å². The number of hydrogen-bond donors (Lipinski definition) is 2. The van der Waals surface area contributed by atoms with Crippen molar-refractivity contribution in [2.24, 2.45) is 0 Å². The zero-order valence-electron chi connectivity index (χ0n) is 14.8. The van der Waals surface area contributed by atoms with Gasteiger partial charge in [0.05, 0.1) is 6.10 Å². The molecule has 0 heterocycles. The molecule has 132 valence electrons. The Morgan fingerprint density at radius 1 is 1.00 bits per heavy atom. The number of rotatable bonds is 7. The second kappa shape index (κ2) is 8.87. The molecule has 0 saturated carbocycles. The van der Waals surface area contributed by atoms with Crippen LogP contribution in [0, 0.1) is 0 Å². The first-order valence-electron chi connectivity index (χ1n) is 8.46. The highest BCUT2D eigenvalue weighted by Gasteiger charge is 2.09. The third-order valence-corrected chi connectivity index (χ3v) is 3.35. The van der Waals surface area contributed by atoms with Crippen LogP contribution in [0.4, 0.5) is 11.4 Å². The van der Waals surface area contributed by atoms with E-state index in [1.54, 1.807) is 42.5 Å².